The molecule has 0 saturated carbocycles. The van der Waals surface area contributed by atoms with Crippen LogP contribution in [0, 0.1) is 0 Å². The Morgan fingerprint density at radius 1 is 1.56 bits per heavy atom. The highest BCUT2D eigenvalue weighted by Gasteiger charge is 2.26. The molecule has 1 saturated heterocycles. The molecule has 1 aliphatic rings. The maximum absolute atomic E-state index is 9.15. The minimum atomic E-state index is -0.0811. The number of hydrogen-bond donors (Lipinski definition) is 2. The van der Waals surface area contributed by atoms with Crippen molar-refractivity contribution in [3.8, 4) is 0 Å². The van der Waals surface area contributed by atoms with Crippen molar-refractivity contribution in [3.63, 3.8) is 0 Å². The van der Waals surface area contributed by atoms with E-state index in [0.29, 0.717) is 12.6 Å². The van der Waals surface area contributed by atoms with Crippen molar-refractivity contribution in [2.24, 2.45) is 0 Å². The van der Waals surface area contributed by atoms with Crippen LogP contribution < -0.4 is 5.32 Å². The highest BCUT2D eigenvalue weighted by molar-refractivity contribution is 7.15. The van der Waals surface area contributed by atoms with Gasteiger partial charge in [0.1, 0.15) is 5.01 Å². The predicted molar refractivity (Wildman–Crippen MR) is 70.8 cm³/mol. The van der Waals surface area contributed by atoms with Gasteiger partial charge in [-0.15, -0.1) is 10.2 Å². The summed E-state index contributed by atoms with van der Waals surface area (Å²) < 4.78 is 5.51. The lowest BCUT2D eigenvalue weighted by Gasteiger charge is -2.36. The smallest absolute Gasteiger partial charge is 0.205 e. The molecule has 2 rings (SSSR count). The van der Waals surface area contributed by atoms with Crippen molar-refractivity contribution >= 4 is 16.5 Å². The molecule has 1 aromatic rings. The standard InChI is InChI=1S/C11H20N4O2S/c1-3-12-11-14-13-10(18-11)5-15-4-9(6-16)17-7-8(15)2/h8-9,16H,3-7H2,1-2H3,(H,12,14). The molecule has 1 aliphatic heterocycles. The van der Waals surface area contributed by atoms with E-state index in [-0.39, 0.29) is 12.7 Å². The maximum Gasteiger partial charge on any atom is 0.205 e. The topological polar surface area (TPSA) is 70.5 Å². The summed E-state index contributed by atoms with van der Waals surface area (Å²) >= 11 is 1.58. The highest BCUT2D eigenvalue weighted by Crippen LogP contribution is 2.20. The van der Waals surface area contributed by atoms with E-state index in [1.54, 1.807) is 11.3 Å². The summed E-state index contributed by atoms with van der Waals surface area (Å²) in [6, 6.07) is 0.347. The van der Waals surface area contributed by atoms with Gasteiger partial charge < -0.3 is 15.2 Å². The largest absolute Gasteiger partial charge is 0.394 e. The molecule has 0 radical (unpaired) electrons. The average Bonchev–Trinajstić information content (AvgIpc) is 2.80. The van der Waals surface area contributed by atoms with Gasteiger partial charge in [0.2, 0.25) is 5.13 Å². The first-order chi connectivity index (χ1) is 8.72. The second-order valence-electron chi connectivity index (χ2n) is 4.45. The van der Waals surface area contributed by atoms with Crippen molar-refractivity contribution in [2.45, 2.75) is 32.5 Å². The van der Waals surface area contributed by atoms with E-state index >= 15 is 0 Å². The molecule has 2 N–H and O–H groups in total. The van der Waals surface area contributed by atoms with Crippen molar-refractivity contribution in [2.75, 3.05) is 31.6 Å². The molecule has 1 fully saturated rings. The Kier molecular flexibility index (Phi) is 4.87. The fourth-order valence-corrected chi connectivity index (χ4v) is 2.75. The molecule has 18 heavy (non-hydrogen) atoms. The Labute approximate surface area is 111 Å². The summed E-state index contributed by atoms with van der Waals surface area (Å²) in [7, 11) is 0. The lowest BCUT2D eigenvalue weighted by molar-refractivity contribution is -0.0806. The number of aromatic nitrogens is 2. The van der Waals surface area contributed by atoms with Crippen LogP contribution in [-0.4, -0.2) is 58.7 Å². The normalized spacial score (nSPS) is 25.3. The van der Waals surface area contributed by atoms with Gasteiger partial charge in [0.15, 0.2) is 0 Å². The zero-order valence-corrected chi connectivity index (χ0v) is 11.6. The first-order valence-electron chi connectivity index (χ1n) is 6.25. The Balaban J connectivity index is 1.93. The third-order valence-corrected chi connectivity index (χ3v) is 3.84. The van der Waals surface area contributed by atoms with E-state index in [4.69, 9.17) is 9.84 Å². The number of ether oxygens (including phenoxy) is 1. The van der Waals surface area contributed by atoms with Crippen LogP contribution in [0.1, 0.15) is 18.9 Å². The van der Waals surface area contributed by atoms with Gasteiger partial charge in [0.25, 0.3) is 0 Å². The van der Waals surface area contributed by atoms with Crippen LogP contribution in [0.2, 0.25) is 0 Å². The molecule has 0 amide bonds. The fraction of sp³-hybridized carbons (Fsp3) is 0.818. The quantitative estimate of drug-likeness (QED) is 0.816. The number of aliphatic hydroxyl groups is 1. The maximum atomic E-state index is 9.15. The molecule has 1 aromatic heterocycles. The lowest BCUT2D eigenvalue weighted by atomic mass is 10.2. The summed E-state index contributed by atoms with van der Waals surface area (Å²) in [4.78, 5) is 2.28. The van der Waals surface area contributed by atoms with E-state index < -0.39 is 0 Å². The highest BCUT2D eigenvalue weighted by atomic mass is 32.1. The first kappa shape index (κ1) is 13.7. The van der Waals surface area contributed by atoms with Crippen molar-refractivity contribution in [3.05, 3.63) is 5.01 Å². The van der Waals surface area contributed by atoms with Crippen LogP contribution in [0.4, 0.5) is 5.13 Å². The van der Waals surface area contributed by atoms with Crippen molar-refractivity contribution in [1.82, 2.24) is 15.1 Å². The third-order valence-electron chi connectivity index (χ3n) is 2.97. The molecular weight excluding hydrogens is 252 g/mol. The van der Waals surface area contributed by atoms with Crippen LogP contribution in [0.3, 0.4) is 0 Å². The molecule has 0 spiro atoms. The van der Waals surface area contributed by atoms with E-state index in [0.717, 1.165) is 29.8 Å². The van der Waals surface area contributed by atoms with Gasteiger partial charge in [-0.05, 0) is 13.8 Å². The van der Waals surface area contributed by atoms with E-state index in [9.17, 15) is 0 Å². The van der Waals surface area contributed by atoms with Gasteiger partial charge in [0.05, 0.1) is 25.9 Å². The fourth-order valence-electron chi connectivity index (χ4n) is 1.92. The number of nitrogens with zero attached hydrogens (tertiary/aromatic N) is 3. The summed E-state index contributed by atoms with van der Waals surface area (Å²) in [6.07, 6.45) is -0.0811. The van der Waals surface area contributed by atoms with Gasteiger partial charge in [-0.2, -0.15) is 0 Å². The number of morpholine rings is 1. The van der Waals surface area contributed by atoms with Gasteiger partial charge in [-0.3, -0.25) is 4.90 Å². The average molecular weight is 272 g/mol. The van der Waals surface area contributed by atoms with Crippen molar-refractivity contribution in [1.29, 1.82) is 0 Å². The van der Waals surface area contributed by atoms with Crippen molar-refractivity contribution < 1.29 is 9.84 Å². The molecule has 2 atom stereocenters. The second-order valence-corrected chi connectivity index (χ2v) is 5.51. The summed E-state index contributed by atoms with van der Waals surface area (Å²) in [5, 5.41) is 22.4. The molecule has 7 heteroatoms. The predicted octanol–water partition coefficient (Wildman–Crippen LogP) is 0.551. The van der Waals surface area contributed by atoms with E-state index in [1.165, 1.54) is 0 Å². The molecular formula is C11H20N4O2S. The van der Waals surface area contributed by atoms with Crippen LogP contribution in [0.5, 0.6) is 0 Å². The monoisotopic (exact) mass is 272 g/mol. The summed E-state index contributed by atoms with van der Waals surface area (Å²) in [5.74, 6) is 0. The summed E-state index contributed by atoms with van der Waals surface area (Å²) in [5.41, 5.74) is 0. The van der Waals surface area contributed by atoms with E-state index in [2.05, 4.69) is 27.3 Å². The van der Waals surface area contributed by atoms with E-state index in [1.807, 2.05) is 6.92 Å². The number of anilines is 1. The lowest BCUT2D eigenvalue weighted by Crippen LogP contribution is -2.48. The zero-order valence-electron chi connectivity index (χ0n) is 10.8. The number of nitrogens with one attached hydrogen (secondary N) is 1. The molecule has 0 aliphatic carbocycles. The second kappa shape index (κ2) is 6.42. The number of hydrogen-bond acceptors (Lipinski definition) is 7. The Morgan fingerprint density at radius 2 is 2.39 bits per heavy atom. The Bertz CT molecular complexity index is 374. The SMILES string of the molecule is CCNc1nnc(CN2CC(CO)OCC2C)s1. The van der Waals surface area contributed by atoms with Gasteiger partial charge in [0, 0.05) is 19.1 Å². The third kappa shape index (κ3) is 3.38. The minimum Gasteiger partial charge on any atom is -0.394 e. The van der Waals surface area contributed by atoms with Crippen LogP contribution >= 0.6 is 11.3 Å². The molecule has 2 heterocycles. The Hall–Kier alpha value is -0.760. The first-order valence-corrected chi connectivity index (χ1v) is 7.07. The molecule has 6 nitrogen and oxygen atoms in total. The van der Waals surface area contributed by atoms with Crippen LogP contribution in [0.25, 0.3) is 0 Å². The van der Waals surface area contributed by atoms with Gasteiger partial charge in [-0.25, -0.2) is 0 Å². The van der Waals surface area contributed by atoms with Gasteiger partial charge in [-0.1, -0.05) is 11.3 Å². The van der Waals surface area contributed by atoms with Crippen LogP contribution in [0.15, 0.2) is 0 Å². The minimum absolute atomic E-state index is 0.0714. The molecule has 0 aromatic carbocycles. The summed E-state index contributed by atoms with van der Waals surface area (Å²) in [6.45, 7) is 7.26. The number of aliphatic hydroxyl groups excluding tert-OH is 1. The van der Waals surface area contributed by atoms with Crippen LogP contribution in [-0.2, 0) is 11.3 Å². The number of rotatable bonds is 5. The molecule has 0 bridgehead atoms. The van der Waals surface area contributed by atoms with Gasteiger partial charge >= 0.3 is 0 Å². The zero-order chi connectivity index (χ0) is 13.0. The Morgan fingerprint density at radius 3 is 3.11 bits per heavy atom. The molecule has 102 valence electrons. The molecule has 2 unspecified atom stereocenters.